The number of halogens is 1. The molecule has 7 heteroatoms. The Hall–Kier alpha value is -1.50. The molecule has 98 valence electrons. The molecule has 0 aliphatic carbocycles. The lowest BCUT2D eigenvalue weighted by Gasteiger charge is -2.22. The molecule has 1 aromatic rings. The van der Waals surface area contributed by atoms with Crippen molar-refractivity contribution in [3.05, 3.63) is 29.8 Å². The normalized spacial score (nSPS) is 19.4. The van der Waals surface area contributed by atoms with E-state index in [1.807, 2.05) is 0 Å². The zero-order chi connectivity index (χ0) is 13.2. The van der Waals surface area contributed by atoms with Gasteiger partial charge in [0.25, 0.3) is 5.91 Å². The molecule has 1 aliphatic rings. The van der Waals surface area contributed by atoms with Gasteiger partial charge in [-0.25, -0.2) is 13.4 Å². The Balaban J connectivity index is 1.94. The van der Waals surface area contributed by atoms with E-state index in [1.165, 1.54) is 6.07 Å². The standard InChI is InChI=1S/C11H13FN2O3S/c12-10-2-1-8(7-13-10)11(15)14-9-3-5-18(16,17)6-4-9/h1-2,7,9H,3-6H2,(H,14,15). The molecule has 0 bridgehead atoms. The molecule has 1 N–H and O–H groups in total. The molecule has 0 saturated carbocycles. The number of sulfone groups is 1. The number of nitrogens with one attached hydrogen (secondary N) is 1. The SMILES string of the molecule is O=C(NC1CCS(=O)(=O)CC1)c1ccc(F)nc1. The Morgan fingerprint density at radius 1 is 1.33 bits per heavy atom. The summed E-state index contributed by atoms with van der Waals surface area (Å²) in [5, 5.41) is 2.73. The van der Waals surface area contributed by atoms with Gasteiger partial charge in [-0.15, -0.1) is 0 Å². The van der Waals surface area contributed by atoms with Crippen LogP contribution in [0.25, 0.3) is 0 Å². The number of pyridine rings is 1. The summed E-state index contributed by atoms with van der Waals surface area (Å²) in [5.41, 5.74) is 0.268. The predicted molar refractivity (Wildman–Crippen MR) is 63.3 cm³/mol. The number of hydrogen-bond donors (Lipinski definition) is 1. The third-order valence-electron chi connectivity index (χ3n) is 2.88. The lowest BCUT2D eigenvalue weighted by Crippen LogP contribution is -2.40. The highest BCUT2D eigenvalue weighted by Crippen LogP contribution is 2.12. The van der Waals surface area contributed by atoms with Crippen LogP contribution in [0, 0.1) is 5.95 Å². The first-order valence-corrected chi connectivity index (χ1v) is 7.41. The second-order valence-electron chi connectivity index (χ2n) is 4.27. The summed E-state index contributed by atoms with van der Waals surface area (Å²) in [5.74, 6) is -0.804. The molecule has 1 aromatic heterocycles. The molecular formula is C11H13FN2O3S. The van der Waals surface area contributed by atoms with E-state index in [0.717, 1.165) is 12.3 Å². The van der Waals surface area contributed by atoms with E-state index in [1.54, 1.807) is 0 Å². The zero-order valence-electron chi connectivity index (χ0n) is 9.60. The maximum Gasteiger partial charge on any atom is 0.253 e. The van der Waals surface area contributed by atoms with E-state index in [-0.39, 0.29) is 29.0 Å². The van der Waals surface area contributed by atoms with Crippen molar-refractivity contribution in [3.8, 4) is 0 Å². The summed E-state index contributed by atoms with van der Waals surface area (Å²) < 4.78 is 35.0. The van der Waals surface area contributed by atoms with Gasteiger partial charge in [-0.05, 0) is 25.0 Å². The van der Waals surface area contributed by atoms with Gasteiger partial charge >= 0.3 is 0 Å². The van der Waals surface area contributed by atoms with Crippen molar-refractivity contribution in [3.63, 3.8) is 0 Å². The first kappa shape index (κ1) is 12.9. The van der Waals surface area contributed by atoms with Crippen LogP contribution in [-0.2, 0) is 9.84 Å². The first-order valence-electron chi connectivity index (χ1n) is 5.59. The van der Waals surface area contributed by atoms with Crippen molar-refractivity contribution in [2.24, 2.45) is 0 Å². The Labute approximate surface area is 104 Å². The van der Waals surface area contributed by atoms with Gasteiger partial charge in [0.05, 0.1) is 17.1 Å². The van der Waals surface area contributed by atoms with Crippen molar-refractivity contribution < 1.29 is 17.6 Å². The van der Waals surface area contributed by atoms with Gasteiger partial charge < -0.3 is 5.32 Å². The summed E-state index contributed by atoms with van der Waals surface area (Å²) >= 11 is 0. The summed E-state index contributed by atoms with van der Waals surface area (Å²) in [4.78, 5) is 15.2. The third kappa shape index (κ3) is 3.25. The second kappa shape index (κ2) is 5.01. The van der Waals surface area contributed by atoms with Crippen LogP contribution in [0.15, 0.2) is 18.3 Å². The number of nitrogens with zero attached hydrogens (tertiary/aromatic N) is 1. The fraction of sp³-hybridized carbons (Fsp3) is 0.455. The molecular weight excluding hydrogens is 259 g/mol. The third-order valence-corrected chi connectivity index (χ3v) is 4.59. The molecule has 1 fully saturated rings. The minimum atomic E-state index is -2.93. The second-order valence-corrected chi connectivity index (χ2v) is 6.57. The molecule has 5 nitrogen and oxygen atoms in total. The van der Waals surface area contributed by atoms with E-state index < -0.39 is 15.8 Å². The molecule has 2 rings (SSSR count). The molecule has 0 spiro atoms. The molecule has 0 unspecified atom stereocenters. The maximum absolute atomic E-state index is 12.6. The molecule has 2 heterocycles. The van der Waals surface area contributed by atoms with Crippen molar-refractivity contribution in [1.82, 2.24) is 10.3 Å². The van der Waals surface area contributed by atoms with Gasteiger partial charge in [0.2, 0.25) is 5.95 Å². The Kier molecular flexibility index (Phi) is 3.60. The van der Waals surface area contributed by atoms with Crippen LogP contribution in [0.4, 0.5) is 4.39 Å². The van der Waals surface area contributed by atoms with Crippen LogP contribution in [0.1, 0.15) is 23.2 Å². The first-order chi connectivity index (χ1) is 8.46. The number of rotatable bonds is 2. The summed E-state index contributed by atoms with van der Waals surface area (Å²) in [7, 11) is -2.93. The Morgan fingerprint density at radius 2 is 2.00 bits per heavy atom. The van der Waals surface area contributed by atoms with Gasteiger partial charge in [0, 0.05) is 12.2 Å². The summed E-state index contributed by atoms with van der Waals surface area (Å²) in [6.07, 6.45) is 2.00. The van der Waals surface area contributed by atoms with Crippen LogP contribution < -0.4 is 5.32 Å². The molecule has 1 saturated heterocycles. The Bertz CT molecular complexity index is 528. The van der Waals surface area contributed by atoms with Crippen molar-refractivity contribution in [1.29, 1.82) is 0 Å². The lowest BCUT2D eigenvalue weighted by molar-refractivity contribution is 0.0934. The highest BCUT2D eigenvalue weighted by molar-refractivity contribution is 7.91. The minimum Gasteiger partial charge on any atom is -0.349 e. The number of aromatic nitrogens is 1. The molecule has 18 heavy (non-hydrogen) atoms. The molecule has 0 aromatic carbocycles. The topological polar surface area (TPSA) is 76.1 Å². The smallest absolute Gasteiger partial charge is 0.253 e. The van der Waals surface area contributed by atoms with Gasteiger partial charge in [-0.3, -0.25) is 4.79 Å². The van der Waals surface area contributed by atoms with E-state index in [2.05, 4.69) is 10.3 Å². The summed E-state index contributed by atoms with van der Waals surface area (Å²) in [6, 6.07) is 2.31. The van der Waals surface area contributed by atoms with Gasteiger partial charge in [-0.2, -0.15) is 4.39 Å². The van der Waals surface area contributed by atoms with Crippen molar-refractivity contribution in [2.45, 2.75) is 18.9 Å². The molecule has 0 radical (unpaired) electrons. The van der Waals surface area contributed by atoms with Gasteiger partial charge in [0.15, 0.2) is 0 Å². The maximum atomic E-state index is 12.6. The van der Waals surface area contributed by atoms with Crippen LogP contribution in [0.2, 0.25) is 0 Å². The fourth-order valence-corrected chi connectivity index (χ4v) is 3.30. The van der Waals surface area contributed by atoms with Crippen LogP contribution in [-0.4, -0.2) is 36.9 Å². The molecule has 1 amide bonds. The number of amides is 1. The summed E-state index contributed by atoms with van der Waals surface area (Å²) in [6.45, 7) is 0. The minimum absolute atomic E-state index is 0.0968. The predicted octanol–water partition coefficient (Wildman–Crippen LogP) is 0.528. The van der Waals surface area contributed by atoms with E-state index in [4.69, 9.17) is 0 Å². The zero-order valence-corrected chi connectivity index (χ0v) is 10.4. The van der Waals surface area contributed by atoms with Crippen molar-refractivity contribution >= 4 is 15.7 Å². The monoisotopic (exact) mass is 272 g/mol. The van der Waals surface area contributed by atoms with E-state index >= 15 is 0 Å². The van der Waals surface area contributed by atoms with Gasteiger partial charge in [-0.1, -0.05) is 0 Å². The van der Waals surface area contributed by atoms with Crippen molar-refractivity contribution in [2.75, 3.05) is 11.5 Å². The average molecular weight is 272 g/mol. The number of carbonyl (C=O) groups is 1. The number of carbonyl (C=O) groups excluding carboxylic acids is 1. The molecule has 0 atom stereocenters. The fourth-order valence-electron chi connectivity index (χ4n) is 1.81. The highest BCUT2D eigenvalue weighted by atomic mass is 32.2. The largest absolute Gasteiger partial charge is 0.349 e. The number of hydrogen-bond acceptors (Lipinski definition) is 4. The average Bonchev–Trinajstić information content (AvgIpc) is 2.33. The molecule has 1 aliphatic heterocycles. The van der Waals surface area contributed by atoms with Gasteiger partial charge in [0.1, 0.15) is 9.84 Å². The van der Waals surface area contributed by atoms with Crippen LogP contribution >= 0.6 is 0 Å². The van der Waals surface area contributed by atoms with E-state index in [0.29, 0.717) is 12.8 Å². The van der Waals surface area contributed by atoms with Crippen LogP contribution in [0.5, 0.6) is 0 Å². The Morgan fingerprint density at radius 3 is 2.56 bits per heavy atom. The van der Waals surface area contributed by atoms with E-state index in [9.17, 15) is 17.6 Å². The van der Waals surface area contributed by atoms with Crippen LogP contribution in [0.3, 0.4) is 0 Å². The highest BCUT2D eigenvalue weighted by Gasteiger charge is 2.24. The lowest BCUT2D eigenvalue weighted by atomic mass is 10.1. The quantitative estimate of drug-likeness (QED) is 0.797.